The molecule has 0 saturated heterocycles. The summed E-state index contributed by atoms with van der Waals surface area (Å²) in [6.07, 6.45) is 2.88. The molecule has 2 aromatic carbocycles. The molecule has 0 aliphatic carbocycles. The number of carbonyl (C=O) groups excluding carboxylic acids is 1. The number of amides is 1. The molecular formula is C25H26N3O2S+. The molecule has 6 heteroatoms. The molecule has 0 bridgehead atoms. The van der Waals surface area contributed by atoms with Crippen LogP contribution in [0.5, 0.6) is 5.75 Å². The average Bonchev–Trinajstić information content (AvgIpc) is 3.03. The molecule has 158 valence electrons. The zero-order valence-electron chi connectivity index (χ0n) is 18.1. The molecule has 0 aliphatic rings. The number of carbonyl (C=O) groups is 1. The number of nitrogens with one attached hydrogen (secondary N) is 1. The van der Waals surface area contributed by atoms with Gasteiger partial charge in [-0.05, 0) is 79.4 Å². The van der Waals surface area contributed by atoms with E-state index in [4.69, 9.17) is 17.4 Å². The number of benzene rings is 2. The van der Waals surface area contributed by atoms with Gasteiger partial charge in [-0.2, -0.15) is 8.97 Å². The molecule has 4 aromatic rings. The second-order valence-electron chi connectivity index (χ2n) is 7.66. The van der Waals surface area contributed by atoms with E-state index in [1.807, 2.05) is 71.5 Å². The van der Waals surface area contributed by atoms with Gasteiger partial charge in [0.05, 0.1) is 7.11 Å². The van der Waals surface area contributed by atoms with Crippen LogP contribution in [0.15, 0.2) is 65.8 Å². The number of aromatic nitrogens is 2. The van der Waals surface area contributed by atoms with Crippen LogP contribution >= 0.6 is 12.6 Å². The highest BCUT2D eigenvalue weighted by Gasteiger charge is 2.30. The number of rotatable bonds is 5. The highest BCUT2D eigenvalue weighted by Crippen LogP contribution is 2.25. The first-order valence-electron chi connectivity index (χ1n) is 10.2. The summed E-state index contributed by atoms with van der Waals surface area (Å²) in [5.74, 6) is 0.570. The van der Waals surface area contributed by atoms with Gasteiger partial charge in [0.25, 0.3) is 11.3 Å². The number of pyridine rings is 1. The highest BCUT2D eigenvalue weighted by molar-refractivity contribution is 7.80. The van der Waals surface area contributed by atoms with Crippen LogP contribution in [0.4, 0.5) is 5.69 Å². The van der Waals surface area contributed by atoms with Gasteiger partial charge in [0, 0.05) is 11.8 Å². The maximum absolute atomic E-state index is 13.4. The summed E-state index contributed by atoms with van der Waals surface area (Å²) in [4.78, 5) is 13.4. The number of fused-ring (bicyclic) bond motifs is 1. The predicted molar refractivity (Wildman–Crippen MR) is 126 cm³/mol. The standard InChI is InChI=1S/C25H25N3O2S/c1-5-18-6-11-22-27(15-18)23(24(29)26-19-13-16(2)12-17(3)14-19)25(31)28(22)20-7-9-21(30-4)10-8-20/h6-15H,5H2,1-4H3,(H-,26,29,31)/p+1. The highest BCUT2D eigenvalue weighted by atomic mass is 32.1. The Kier molecular flexibility index (Phi) is 5.74. The number of methoxy groups -OCH3 is 1. The van der Waals surface area contributed by atoms with Crippen molar-refractivity contribution in [1.29, 1.82) is 0 Å². The van der Waals surface area contributed by atoms with E-state index in [1.165, 1.54) is 0 Å². The number of anilines is 1. The molecule has 0 aliphatic heterocycles. The number of nitrogens with zero attached hydrogens (tertiary/aromatic N) is 2. The zero-order valence-corrected chi connectivity index (χ0v) is 19.0. The van der Waals surface area contributed by atoms with Gasteiger partial charge in [0.15, 0.2) is 0 Å². The first-order chi connectivity index (χ1) is 14.9. The summed E-state index contributed by atoms with van der Waals surface area (Å²) in [6, 6.07) is 17.8. The van der Waals surface area contributed by atoms with E-state index in [9.17, 15) is 4.79 Å². The van der Waals surface area contributed by atoms with Crippen molar-refractivity contribution in [3.05, 3.63) is 83.2 Å². The first-order valence-corrected chi connectivity index (χ1v) is 10.7. The van der Waals surface area contributed by atoms with E-state index >= 15 is 0 Å². The molecule has 0 unspecified atom stereocenters. The number of aryl methyl sites for hydroxylation is 3. The first kappa shape index (κ1) is 21.0. The maximum atomic E-state index is 13.4. The van der Waals surface area contributed by atoms with Gasteiger partial charge < -0.3 is 10.1 Å². The molecular weight excluding hydrogens is 406 g/mol. The molecule has 5 nitrogen and oxygen atoms in total. The van der Waals surface area contributed by atoms with Crippen LogP contribution in [0.2, 0.25) is 0 Å². The molecule has 0 saturated carbocycles. The summed E-state index contributed by atoms with van der Waals surface area (Å²) in [5.41, 5.74) is 6.36. The quantitative estimate of drug-likeness (QED) is 0.346. The second kappa shape index (κ2) is 8.47. The van der Waals surface area contributed by atoms with E-state index in [-0.39, 0.29) is 5.91 Å². The predicted octanol–water partition coefficient (Wildman–Crippen LogP) is 4.94. The van der Waals surface area contributed by atoms with Gasteiger partial charge in [-0.1, -0.05) is 25.6 Å². The third-order valence-corrected chi connectivity index (χ3v) is 5.73. The Bertz CT molecular complexity index is 1260. The number of thiol groups is 1. The SMILES string of the molecule is CCc1ccc2n(-c3ccc(OC)cc3)c(S)c(C(=O)Nc3cc(C)cc(C)c3)[n+]2c1. The van der Waals surface area contributed by atoms with E-state index in [0.29, 0.717) is 10.7 Å². The van der Waals surface area contributed by atoms with Crippen LogP contribution in [0.3, 0.4) is 0 Å². The van der Waals surface area contributed by atoms with Crippen molar-refractivity contribution in [2.45, 2.75) is 32.2 Å². The minimum Gasteiger partial charge on any atom is -0.497 e. The Hall–Kier alpha value is -3.25. The number of ether oxygens (including phenoxy) is 1. The summed E-state index contributed by atoms with van der Waals surface area (Å²) >= 11 is 4.79. The molecule has 0 fully saturated rings. The monoisotopic (exact) mass is 432 g/mol. The van der Waals surface area contributed by atoms with E-state index in [0.717, 1.165) is 45.9 Å². The lowest BCUT2D eigenvalue weighted by Crippen LogP contribution is -2.31. The van der Waals surface area contributed by atoms with Crippen LogP contribution in [0.1, 0.15) is 34.1 Å². The lowest BCUT2D eigenvalue weighted by molar-refractivity contribution is -0.514. The summed E-state index contributed by atoms with van der Waals surface area (Å²) in [5, 5.41) is 3.62. The fourth-order valence-corrected chi connectivity index (χ4v) is 4.29. The third-order valence-electron chi connectivity index (χ3n) is 5.32. The molecule has 2 heterocycles. The van der Waals surface area contributed by atoms with Crippen molar-refractivity contribution in [3.63, 3.8) is 0 Å². The fourth-order valence-electron chi connectivity index (χ4n) is 3.86. The van der Waals surface area contributed by atoms with Gasteiger partial charge >= 0.3 is 5.91 Å². The second-order valence-corrected chi connectivity index (χ2v) is 8.08. The Labute approximate surface area is 187 Å². The number of imidazole rings is 1. The minimum atomic E-state index is -0.203. The van der Waals surface area contributed by atoms with Gasteiger partial charge in [-0.25, -0.2) is 0 Å². The zero-order chi connectivity index (χ0) is 22.1. The molecule has 0 spiro atoms. The lowest BCUT2D eigenvalue weighted by atomic mass is 10.1. The molecule has 2 aromatic heterocycles. The Balaban J connectivity index is 1.87. The van der Waals surface area contributed by atoms with Crippen LogP contribution in [0.25, 0.3) is 11.3 Å². The summed E-state index contributed by atoms with van der Waals surface area (Å²) in [7, 11) is 1.64. The summed E-state index contributed by atoms with van der Waals surface area (Å²) < 4.78 is 9.18. The smallest absolute Gasteiger partial charge is 0.301 e. The normalized spacial score (nSPS) is 11.0. The Morgan fingerprint density at radius 2 is 1.74 bits per heavy atom. The van der Waals surface area contributed by atoms with Crippen molar-refractivity contribution in [2.24, 2.45) is 0 Å². The largest absolute Gasteiger partial charge is 0.497 e. The van der Waals surface area contributed by atoms with Gasteiger partial charge in [0.1, 0.15) is 17.6 Å². The molecule has 0 radical (unpaired) electrons. The maximum Gasteiger partial charge on any atom is 0.301 e. The fraction of sp³-hybridized carbons (Fsp3) is 0.200. The van der Waals surface area contributed by atoms with E-state index < -0.39 is 0 Å². The third kappa shape index (κ3) is 4.03. The minimum absolute atomic E-state index is 0.203. The van der Waals surface area contributed by atoms with Crippen molar-refractivity contribution in [1.82, 2.24) is 4.57 Å². The van der Waals surface area contributed by atoms with Crippen LogP contribution < -0.4 is 14.5 Å². The van der Waals surface area contributed by atoms with Crippen molar-refractivity contribution < 1.29 is 13.9 Å². The van der Waals surface area contributed by atoms with Crippen molar-refractivity contribution >= 4 is 29.9 Å². The van der Waals surface area contributed by atoms with Gasteiger partial charge in [0.2, 0.25) is 5.03 Å². The summed E-state index contributed by atoms with van der Waals surface area (Å²) in [6.45, 7) is 6.13. The molecule has 1 amide bonds. The Morgan fingerprint density at radius 3 is 2.35 bits per heavy atom. The van der Waals surface area contributed by atoms with Crippen LogP contribution in [-0.4, -0.2) is 17.6 Å². The average molecular weight is 433 g/mol. The van der Waals surface area contributed by atoms with Crippen LogP contribution in [-0.2, 0) is 6.42 Å². The molecule has 0 atom stereocenters. The van der Waals surface area contributed by atoms with E-state index in [2.05, 4.69) is 24.4 Å². The molecule has 4 rings (SSSR count). The topological polar surface area (TPSA) is 47.4 Å². The van der Waals surface area contributed by atoms with Crippen molar-refractivity contribution in [3.8, 4) is 11.4 Å². The van der Waals surface area contributed by atoms with Crippen molar-refractivity contribution in [2.75, 3.05) is 12.4 Å². The number of hydrogen-bond acceptors (Lipinski definition) is 3. The van der Waals surface area contributed by atoms with Gasteiger partial charge in [-0.15, -0.1) is 0 Å². The molecule has 1 N–H and O–H groups in total. The number of hydrogen-bond donors (Lipinski definition) is 2. The van der Waals surface area contributed by atoms with Gasteiger partial charge in [-0.3, -0.25) is 4.79 Å². The molecule has 31 heavy (non-hydrogen) atoms. The lowest BCUT2D eigenvalue weighted by Gasteiger charge is -2.06. The van der Waals surface area contributed by atoms with Crippen LogP contribution in [0, 0.1) is 13.8 Å². The Morgan fingerprint density at radius 1 is 1.06 bits per heavy atom. The van der Waals surface area contributed by atoms with E-state index in [1.54, 1.807) is 7.11 Å².